The van der Waals surface area contributed by atoms with Crippen molar-refractivity contribution in [2.24, 2.45) is 5.92 Å². The van der Waals surface area contributed by atoms with Crippen molar-refractivity contribution in [2.45, 2.75) is 51.5 Å². The Labute approximate surface area is 148 Å². The molecule has 2 N–H and O–H groups in total. The van der Waals surface area contributed by atoms with E-state index in [9.17, 15) is 14.4 Å². The van der Waals surface area contributed by atoms with Gasteiger partial charge in [-0.05, 0) is 31.9 Å². The summed E-state index contributed by atoms with van der Waals surface area (Å²) in [5, 5.41) is 0. The molecule has 0 radical (unpaired) electrons. The zero-order valence-corrected chi connectivity index (χ0v) is 14.6. The number of hydrazine groups is 1. The van der Waals surface area contributed by atoms with Gasteiger partial charge in [-0.15, -0.1) is 0 Å². The molecule has 0 unspecified atom stereocenters. The summed E-state index contributed by atoms with van der Waals surface area (Å²) in [6, 6.07) is 7.79. The first kappa shape index (κ1) is 19.1. The number of amides is 1. The molecule has 0 bridgehead atoms. The molecule has 1 aliphatic carbocycles. The molecule has 1 aromatic rings. The summed E-state index contributed by atoms with van der Waals surface area (Å²) in [5.74, 6) is -0.823. The van der Waals surface area contributed by atoms with E-state index in [1.54, 1.807) is 31.2 Å². The van der Waals surface area contributed by atoms with Crippen molar-refractivity contribution in [3.63, 3.8) is 0 Å². The van der Waals surface area contributed by atoms with E-state index >= 15 is 0 Å². The fourth-order valence-electron chi connectivity index (χ4n) is 3.04. The van der Waals surface area contributed by atoms with Crippen molar-refractivity contribution in [2.75, 3.05) is 6.61 Å². The second-order valence-corrected chi connectivity index (χ2v) is 6.27. The van der Waals surface area contributed by atoms with Crippen LogP contribution >= 0.6 is 0 Å². The maximum Gasteiger partial charge on any atom is 0.325 e. The van der Waals surface area contributed by atoms with Crippen LogP contribution in [0.5, 0.6) is 0 Å². The smallest absolute Gasteiger partial charge is 0.325 e. The first-order chi connectivity index (χ1) is 12.1. The number of carbonyl (C=O) groups excluding carboxylic acids is 3. The predicted octanol–water partition coefficient (Wildman–Crippen LogP) is 2.39. The zero-order valence-electron chi connectivity index (χ0n) is 14.6. The van der Waals surface area contributed by atoms with Gasteiger partial charge in [0.15, 0.2) is 0 Å². The number of benzene rings is 1. The molecule has 1 aromatic carbocycles. The van der Waals surface area contributed by atoms with Gasteiger partial charge < -0.3 is 4.74 Å². The Hall–Kier alpha value is -2.21. The molecule has 1 saturated carbocycles. The molecule has 6 heteroatoms. The molecule has 0 saturated heterocycles. The number of ketones is 1. The van der Waals surface area contributed by atoms with Crippen LogP contribution in [0.1, 0.15) is 55.8 Å². The Kier molecular flexibility index (Phi) is 7.60. The van der Waals surface area contributed by atoms with Crippen LogP contribution in [0, 0.1) is 5.92 Å². The van der Waals surface area contributed by atoms with E-state index in [0.717, 1.165) is 32.1 Å². The van der Waals surface area contributed by atoms with Crippen LogP contribution in [-0.2, 0) is 14.3 Å². The zero-order chi connectivity index (χ0) is 18.1. The summed E-state index contributed by atoms with van der Waals surface area (Å²) in [5.41, 5.74) is 5.65. The third kappa shape index (κ3) is 5.98. The van der Waals surface area contributed by atoms with E-state index in [2.05, 4.69) is 10.9 Å². The number of hydrogen-bond acceptors (Lipinski definition) is 5. The van der Waals surface area contributed by atoms with E-state index in [-0.39, 0.29) is 30.6 Å². The Morgan fingerprint density at radius 2 is 1.80 bits per heavy atom. The summed E-state index contributed by atoms with van der Waals surface area (Å²) in [6.07, 6.45) is 5.06. The van der Waals surface area contributed by atoms with Crippen LogP contribution < -0.4 is 10.9 Å². The molecule has 1 atom stereocenters. The Morgan fingerprint density at radius 1 is 1.12 bits per heavy atom. The summed E-state index contributed by atoms with van der Waals surface area (Å²) in [4.78, 5) is 36.7. The lowest BCUT2D eigenvalue weighted by molar-refractivity contribution is -0.147. The molecule has 1 amide bonds. The van der Waals surface area contributed by atoms with Gasteiger partial charge in [0.05, 0.1) is 6.61 Å². The normalized spacial score (nSPS) is 16.0. The summed E-state index contributed by atoms with van der Waals surface area (Å²) < 4.78 is 5.03. The fourth-order valence-corrected chi connectivity index (χ4v) is 3.04. The molecule has 1 fully saturated rings. The van der Waals surface area contributed by atoms with Crippen molar-refractivity contribution < 1.29 is 19.1 Å². The quantitative estimate of drug-likeness (QED) is 0.558. The number of rotatable bonds is 8. The largest absolute Gasteiger partial charge is 0.465 e. The van der Waals surface area contributed by atoms with Crippen molar-refractivity contribution in [1.82, 2.24) is 10.9 Å². The Bertz CT molecular complexity index is 582. The maximum atomic E-state index is 12.5. The summed E-state index contributed by atoms with van der Waals surface area (Å²) in [7, 11) is 0. The van der Waals surface area contributed by atoms with E-state index in [0.29, 0.717) is 5.56 Å². The number of Topliss-reactive ketones (excluding diaryl/α,β-unsaturated/α-hetero) is 1. The van der Waals surface area contributed by atoms with E-state index in [4.69, 9.17) is 4.74 Å². The molecule has 0 spiro atoms. The second kappa shape index (κ2) is 9.93. The van der Waals surface area contributed by atoms with Crippen LogP contribution in [0.4, 0.5) is 0 Å². The van der Waals surface area contributed by atoms with E-state index in [1.807, 2.05) is 6.07 Å². The highest BCUT2D eigenvalue weighted by Crippen LogP contribution is 2.25. The number of ether oxygens (including phenoxy) is 1. The van der Waals surface area contributed by atoms with Crippen LogP contribution in [0.2, 0.25) is 0 Å². The minimum absolute atomic E-state index is 0.0114. The van der Waals surface area contributed by atoms with Gasteiger partial charge in [0.25, 0.3) is 5.91 Å². The van der Waals surface area contributed by atoms with Gasteiger partial charge >= 0.3 is 5.97 Å². The second-order valence-electron chi connectivity index (χ2n) is 6.27. The standard InChI is InChI=1S/C19H26N2O4/c1-2-25-19(24)16(13-17(22)14-9-5-3-6-10-14)20-21-18(23)15-11-7-4-8-12-15/h4,7-8,11-12,14,16,20H,2-3,5-6,9-10,13H2,1H3,(H,21,23)/t16-/m1/s1. The van der Waals surface area contributed by atoms with Crippen LogP contribution in [0.3, 0.4) is 0 Å². The topological polar surface area (TPSA) is 84.5 Å². The fraction of sp³-hybridized carbons (Fsp3) is 0.526. The minimum Gasteiger partial charge on any atom is -0.465 e. The lowest BCUT2D eigenvalue weighted by Gasteiger charge is -2.23. The molecule has 136 valence electrons. The number of carbonyl (C=O) groups is 3. The SMILES string of the molecule is CCOC(=O)[C@@H](CC(=O)C1CCCCC1)NNC(=O)c1ccccc1. The van der Waals surface area contributed by atoms with Gasteiger partial charge in [-0.2, -0.15) is 0 Å². The van der Waals surface area contributed by atoms with Gasteiger partial charge in [0, 0.05) is 17.9 Å². The van der Waals surface area contributed by atoms with Crippen LogP contribution in [-0.4, -0.2) is 30.3 Å². The molecule has 0 aliphatic heterocycles. The van der Waals surface area contributed by atoms with E-state index < -0.39 is 12.0 Å². The monoisotopic (exact) mass is 346 g/mol. The number of nitrogens with one attached hydrogen (secondary N) is 2. The van der Waals surface area contributed by atoms with Crippen molar-refractivity contribution in [3.05, 3.63) is 35.9 Å². The van der Waals surface area contributed by atoms with Gasteiger partial charge in [0.1, 0.15) is 11.8 Å². The first-order valence-electron chi connectivity index (χ1n) is 8.92. The van der Waals surface area contributed by atoms with Gasteiger partial charge in [0.2, 0.25) is 0 Å². The molecule has 2 rings (SSSR count). The highest BCUT2D eigenvalue weighted by molar-refractivity contribution is 5.94. The van der Waals surface area contributed by atoms with Crippen LogP contribution in [0.15, 0.2) is 30.3 Å². The first-order valence-corrected chi connectivity index (χ1v) is 8.92. The van der Waals surface area contributed by atoms with Crippen molar-refractivity contribution in [1.29, 1.82) is 0 Å². The maximum absolute atomic E-state index is 12.5. The predicted molar refractivity (Wildman–Crippen MR) is 93.7 cm³/mol. The van der Waals surface area contributed by atoms with Crippen LogP contribution in [0.25, 0.3) is 0 Å². The van der Waals surface area contributed by atoms with Gasteiger partial charge in [-0.1, -0.05) is 37.5 Å². The molecular formula is C19H26N2O4. The molecule has 0 aromatic heterocycles. The highest BCUT2D eigenvalue weighted by atomic mass is 16.5. The molecule has 1 aliphatic rings. The average molecular weight is 346 g/mol. The molecular weight excluding hydrogens is 320 g/mol. The Balaban J connectivity index is 1.94. The molecule has 0 heterocycles. The third-order valence-corrected chi connectivity index (χ3v) is 4.43. The lowest BCUT2D eigenvalue weighted by Crippen LogP contribution is -2.50. The molecule has 25 heavy (non-hydrogen) atoms. The Morgan fingerprint density at radius 3 is 2.44 bits per heavy atom. The molecule has 6 nitrogen and oxygen atoms in total. The van der Waals surface area contributed by atoms with Gasteiger partial charge in [-0.3, -0.25) is 19.8 Å². The highest BCUT2D eigenvalue weighted by Gasteiger charge is 2.28. The summed E-state index contributed by atoms with van der Waals surface area (Å²) in [6.45, 7) is 1.93. The van der Waals surface area contributed by atoms with Crippen molar-refractivity contribution >= 4 is 17.7 Å². The average Bonchev–Trinajstić information content (AvgIpc) is 2.66. The third-order valence-electron chi connectivity index (χ3n) is 4.43. The summed E-state index contributed by atoms with van der Waals surface area (Å²) >= 11 is 0. The van der Waals surface area contributed by atoms with Crippen molar-refractivity contribution in [3.8, 4) is 0 Å². The lowest BCUT2D eigenvalue weighted by atomic mass is 9.84. The van der Waals surface area contributed by atoms with Gasteiger partial charge in [-0.25, -0.2) is 5.43 Å². The number of hydrogen-bond donors (Lipinski definition) is 2. The number of esters is 1. The minimum atomic E-state index is -0.873. The van der Waals surface area contributed by atoms with E-state index in [1.165, 1.54) is 0 Å².